The number of methoxy groups -OCH3 is 2. The number of hydrogen-bond donors (Lipinski definition) is 1. The number of anilines is 2. The van der Waals surface area contributed by atoms with Gasteiger partial charge < -0.3 is 20.1 Å². The molecule has 1 aromatic rings. The molecular weight excluding hydrogens is 235 g/mol. The number of nitrogens with zero attached hydrogens (tertiary/aromatic N) is 1. The highest BCUT2D eigenvalue weighted by Crippen LogP contribution is 2.22. The second-order valence-electron chi connectivity index (χ2n) is 4.23. The molecule has 1 rings (SSSR count). The van der Waals surface area contributed by atoms with Gasteiger partial charge in [-0.3, -0.25) is 0 Å². The standard InChI is InChI=1S/C13H21FN2O2/c1-10(9-18-3)16(4-5-17-2)13-7-11(14)6-12(15)8-13/h6-8,10H,4-5,9,15H2,1-3H3. The minimum absolute atomic E-state index is 0.117. The van der Waals surface area contributed by atoms with Gasteiger partial charge in [-0.15, -0.1) is 0 Å². The van der Waals surface area contributed by atoms with Crippen molar-refractivity contribution in [2.24, 2.45) is 0 Å². The van der Waals surface area contributed by atoms with E-state index in [2.05, 4.69) is 0 Å². The highest BCUT2D eigenvalue weighted by atomic mass is 19.1. The normalized spacial score (nSPS) is 12.4. The van der Waals surface area contributed by atoms with Gasteiger partial charge in [-0.25, -0.2) is 4.39 Å². The molecule has 1 atom stereocenters. The van der Waals surface area contributed by atoms with Gasteiger partial charge in [0.05, 0.1) is 13.2 Å². The molecule has 0 fully saturated rings. The Balaban J connectivity index is 2.92. The molecule has 0 amide bonds. The molecule has 0 radical (unpaired) electrons. The minimum Gasteiger partial charge on any atom is -0.399 e. The van der Waals surface area contributed by atoms with Crippen molar-refractivity contribution in [3.05, 3.63) is 24.0 Å². The summed E-state index contributed by atoms with van der Waals surface area (Å²) in [6.45, 7) is 3.79. The Morgan fingerprint density at radius 1 is 1.28 bits per heavy atom. The average Bonchev–Trinajstić information content (AvgIpc) is 2.28. The third kappa shape index (κ3) is 4.16. The zero-order valence-electron chi connectivity index (χ0n) is 11.1. The largest absolute Gasteiger partial charge is 0.399 e. The summed E-state index contributed by atoms with van der Waals surface area (Å²) in [4.78, 5) is 2.02. The van der Waals surface area contributed by atoms with Crippen molar-refractivity contribution in [3.63, 3.8) is 0 Å². The first-order valence-corrected chi connectivity index (χ1v) is 5.89. The molecule has 0 heterocycles. The van der Waals surface area contributed by atoms with Crippen molar-refractivity contribution in [1.82, 2.24) is 0 Å². The van der Waals surface area contributed by atoms with Crippen LogP contribution in [0.3, 0.4) is 0 Å². The van der Waals surface area contributed by atoms with Gasteiger partial charge in [-0.05, 0) is 25.1 Å². The number of nitrogen functional groups attached to an aromatic ring is 1. The van der Waals surface area contributed by atoms with Gasteiger partial charge in [0.1, 0.15) is 5.82 Å². The van der Waals surface area contributed by atoms with E-state index in [4.69, 9.17) is 15.2 Å². The van der Waals surface area contributed by atoms with Crippen LogP contribution in [0.5, 0.6) is 0 Å². The summed E-state index contributed by atoms with van der Waals surface area (Å²) in [7, 11) is 3.28. The lowest BCUT2D eigenvalue weighted by Gasteiger charge is -2.31. The van der Waals surface area contributed by atoms with Crippen molar-refractivity contribution < 1.29 is 13.9 Å². The summed E-state index contributed by atoms with van der Waals surface area (Å²) in [6.07, 6.45) is 0. The van der Waals surface area contributed by atoms with E-state index < -0.39 is 0 Å². The lowest BCUT2D eigenvalue weighted by molar-refractivity contribution is 0.171. The van der Waals surface area contributed by atoms with Gasteiger partial charge in [0, 0.05) is 38.2 Å². The Labute approximate surface area is 107 Å². The van der Waals surface area contributed by atoms with E-state index in [9.17, 15) is 4.39 Å². The van der Waals surface area contributed by atoms with Crippen LogP contribution in [-0.2, 0) is 9.47 Å². The molecule has 1 unspecified atom stereocenters. The van der Waals surface area contributed by atoms with E-state index >= 15 is 0 Å². The summed E-state index contributed by atoms with van der Waals surface area (Å²) >= 11 is 0. The quantitative estimate of drug-likeness (QED) is 0.757. The molecule has 2 N–H and O–H groups in total. The number of halogens is 1. The molecule has 18 heavy (non-hydrogen) atoms. The monoisotopic (exact) mass is 256 g/mol. The van der Waals surface area contributed by atoms with Crippen molar-refractivity contribution >= 4 is 11.4 Å². The molecule has 0 aliphatic heterocycles. The second kappa shape index (κ2) is 7.18. The van der Waals surface area contributed by atoms with Gasteiger partial charge >= 0.3 is 0 Å². The average molecular weight is 256 g/mol. The lowest BCUT2D eigenvalue weighted by Crippen LogP contribution is -2.38. The molecule has 0 aromatic heterocycles. The van der Waals surface area contributed by atoms with Crippen LogP contribution in [0.2, 0.25) is 0 Å². The number of benzene rings is 1. The van der Waals surface area contributed by atoms with Crippen LogP contribution >= 0.6 is 0 Å². The summed E-state index contributed by atoms with van der Waals surface area (Å²) in [5.74, 6) is -0.336. The molecular formula is C13H21FN2O2. The first-order chi connectivity index (χ1) is 8.58. The first-order valence-electron chi connectivity index (χ1n) is 5.89. The Hall–Kier alpha value is -1.33. The predicted octanol–water partition coefficient (Wildman–Crippen LogP) is 1.90. The fraction of sp³-hybridized carbons (Fsp3) is 0.538. The molecule has 5 heteroatoms. The van der Waals surface area contributed by atoms with E-state index in [1.807, 2.05) is 11.8 Å². The second-order valence-corrected chi connectivity index (χ2v) is 4.23. The van der Waals surface area contributed by atoms with Crippen LogP contribution in [0.1, 0.15) is 6.92 Å². The van der Waals surface area contributed by atoms with E-state index in [0.29, 0.717) is 25.4 Å². The smallest absolute Gasteiger partial charge is 0.127 e. The van der Waals surface area contributed by atoms with Gasteiger partial charge in [0.25, 0.3) is 0 Å². The van der Waals surface area contributed by atoms with Gasteiger partial charge in [-0.2, -0.15) is 0 Å². The van der Waals surface area contributed by atoms with Crippen molar-refractivity contribution in [3.8, 4) is 0 Å². The maximum absolute atomic E-state index is 13.4. The van der Waals surface area contributed by atoms with Gasteiger partial charge in [0.2, 0.25) is 0 Å². The molecule has 4 nitrogen and oxygen atoms in total. The lowest BCUT2D eigenvalue weighted by atomic mass is 10.2. The van der Waals surface area contributed by atoms with Crippen LogP contribution in [-0.4, -0.2) is 40.0 Å². The van der Waals surface area contributed by atoms with Crippen LogP contribution < -0.4 is 10.6 Å². The van der Waals surface area contributed by atoms with Gasteiger partial charge in [-0.1, -0.05) is 0 Å². The summed E-state index contributed by atoms with van der Waals surface area (Å²) in [6, 6.07) is 4.65. The molecule has 102 valence electrons. The molecule has 0 spiro atoms. The van der Waals surface area contributed by atoms with Crippen molar-refractivity contribution in [2.45, 2.75) is 13.0 Å². The molecule has 0 saturated heterocycles. The number of ether oxygens (including phenoxy) is 2. The first kappa shape index (κ1) is 14.7. The zero-order chi connectivity index (χ0) is 13.5. The highest BCUT2D eigenvalue weighted by molar-refractivity contribution is 5.57. The third-order valence-corrected chi connectivity index (χ3v) is 2.71. The third-order valence-electron chi connectivity index (χ3n) is 2.71. The summed E-state index contributed by atoms with van der Waals surface area (Å²) < 4.78 is 23.6. The molecule has 0 aliphatic carbocycles. The minimum atomic E-state index is -0.336. The summed E-state index contributed by atoms with van der Waals surface area (Å²) in [5.41, 5.74) is 6.83. The molecule has 1 aromatic carbocycles. The number of rotatable bonds is 7. The predicted molar refractivity (Wildman–Crippen MR) is 71.4 cm³/mol. The Kier molecular flexibility index (Phi) is 5.88. The molecule has 0 bridgehead atoms. The van der Waals surface area contributed by atoms with E-state index in [1.165, 1.54) is 12.1 Å². The topological polar surface area (TPSA) is 47.7 Å². The Morgan fingerprint density at radius 3 is 2.56 bits per heavy atom. The molecule has 0 aliphatic rings. The Morgan fingerprint density at radius 2 is 2.00 bits per heavy atom. The van der Waals surface area contributed by atoms with Crippen LogP contribution in [0.15, 0.2) is 18.2 Å². The highest BCUT2D eigenvalue weighted by Gasteiger charge is 2.15. The van der Waals surface area contributed by atoms with Crippen molar-refractivity contribution in [1.29, 1.82) is 0 Å². The number of hydrogen-bond acceptors (Lipinski definition) is 4. The SMILES string of the molecule is COCCN(c1cc(N)cc(F)c1)C(C)COC. The fourth-order valence-electron chi connectivity index (χ4n) is 1.89. The van der Waals surface area contributed by atoms with E-state index in [0.717, 1.165) is 5.69 Å². The van der Waals surface area contributed by atoms with Crippen LogP contribution in [0.4, 0.5) is 15.8 Å². The molecule has 0 saturated carbocycles. The Bertz CT molecular complexity index is 354. The zero-order valence-corrected chi connectivity index (χ0v) is 11.1. The van der Waals surface area contributed by atoms with Crippen LogP contribution in [0.25, 0.3) is 0 Å². The fourth-order valence-corrected chi connectivity index (χ4v) is 1.89. The van der Waals surface area contributed by atoms with E-state index in [1.54, 1.807) is 20.3 Å². The van der Waals surface area contributed by atoms with Crippen LogP contribution in [0, 0.1) is 5.82 Å². The number of nitrogens with two attached hydrogens (primary N) is 1. The maximum atomic E-state index is 13.4. The van der Waals surface area contributed by atoms with Gasteiger partial charge in [0.15, 0.2) is 0 Å². The van der Waals surface area contributed by atoms with E-state index in [-0.39, 0.29) is 11.9 Å². The van der Waals surface area contributed by atoms with Crippen molar-refractivity contribution in [2.75, 3.05) is 44.6 Å². The summed E-state index contributed by atoms with van der Waals surface area (Å²) in [5, 5.41) is 0. The maximum Gasteiger partial charge on any atom is 0.127 e.